The molecule has 1 aromatic carbocycles. The molecule has 1 fully saturated rings. The van der Waals surface area contributed by atoms with Crippen molar-refractivity contribution in [3.63, 3.8) is 0 Å². The minimum absolute atomic E-state index is 0.299. The van der Waals surface area contributed by atoms with Crippen LogP contribution in [-0.4, -0.2) is 32.9 Å². The molecule has 1 aliphatic heterocycles. The fraction of sp³-hybridized carbons (Fsp3) is 0.462. The van der Waals surface area contributed by atoms with Gasteiger partial charge >= 0.3 is 5.97 Å². The Morgan fingerprint density at radius 3 is 3.00 bits per heavy atom. The Bertz CT molecular complexity index is 427. The number of nitrogen functional groups attached to an aromatic ring is 1. The summed E-state index contributed by atoms with van der Waals surface area (Å²) in [5, 5.41) is 0. The number of anilines is 1. The van der Waals surface area contributed by atoms with Gasteiger partial charge in [0.2, 0.25) is 0 Å². The van der Waals surface area contributed by atoms with E-state index in [1.165, 1.54) is 0 Å². The topological polar surface area (TPSA) is 70.8 Å². The van der Waals surface area contributed by atoms with Crippen LogP contribution in [0.25, 0.3) is 0 Å². The van der Waals surface area contributed by atoms with Crippen LogP contribution in [0.5, 0.6) is 5.75 Å². The van der Waals surface area contributed by atoms with E-state index in [2.05, 4.69) is 0 Å². The van der Waals surface area contributed by atoms with E-state index in [0.717, 1.165) is 13.0 Å². The van der Waals surface area contributed by atoms with Gasteiger partial charge in [0.1, 0.15) is 5.75 Å². The smallest absolute Gasteiger partial charge is 0.340 e. The number of ether oxygens (including phenoxy) is 3. The van der Waals surface area contributed by atoms with E-state index >= 15 is 0 Å². The van der Waals surface area contributed by atoms with Gasteiger partial charge in [0.25, 0.3) is 0 Å². The lowest BCUT2D eigenvalue weighted by atomic mass is 10.1. The fourth-order valence-corrected chi connectivity index (χ4v) is 1.84. The minimum atomic E-state index is -0.401. The predicted molar refractivity (Wildman–Crippen MR) is 66.6 cm³/mol. The maximum atomic E-state index is 11.8. The maximum absolute atomic E-state index is 11.8. The normalized spacial score (nSPS) is 18.6. The first-order chi connectivity index (χ1) is 8.70. The largest absolute Gasteiger partial charge is 0.497 e. The maximum Gasteiger partial charge on any atom is 0.340 e. The summed E-state index contributed by atoms with van der Waals surface area (Å²) < 4.78 is 15.5. The molecular formula is C13H17NO4. The molecule has 1 atom stereocenters. The van der Waals surface area contributed by atoms with Crippen LogP contribution in [0.4, 0.5) is 5.69 Å². The summed E-state index contributed by atoms with van der Waals surface area (Å²) in [6.45, 7) is 1.78. The van der Waals surface area contributed by atoms with Crippen LogP contribution < -0.4 is 10.5 Å². The monoisotopic (exact) mass is 251 g/mol. The SMILES string of the molecule is COc1ccc(C(=O)OCC2CCOC2)c(N)c1. The zero-order valence-corrected chi connectivity index (χ0v) is 10.3. The lowest BCUT2D eigenvalue weighted by Gasteiger charge is -2.10. The summed E-state index contributed by atoms with van der Waals surface area (Å²) in [5.74, 6) is 0.517. The molecule has 2 rings (SSSR count). The highest BCUT2D eigenvalue weighted by Gasteiger charge is 2.19. The molecule has 1 unspecified atom stereocenters. The number of methoxy groups -OCH3 is 1. The van der Waals surface area contributed by atoms with Crippen molar-refractivity contribution >= 4 is 11.7 Å². The highest BCUT2D eigenvalue weighted by molar-refractivity contribution is 5.95. The van der Waals surface area contributed by atoms with Crippen LogP contribution in [0.3, 0.4) is 0 Å². The van der Waals surface area contributed by atoms with Crippen LogP contribution >= 0.6 is 0 Å². The Kier molecular flexibility index (Phi) is 4.04. The van der Waals surface area contributed by atoms with E-state index < -0.39 is 5.97 Å². The van der Waals surface area contributed by atoms with E-state index in [9.17, 15) is 4.79 Å². The molecule has 1 saturated heterocycles. The second kappa shape index (κ2) is 5.73. The highest BCUT2D eigenvalue weighted by Crippen LogP contribution is 2.21. The Morgan fingerprint density at radius 2 is 2.39 bits per heavy atom. The molecule has 0 spiro atoms. The molecule has 2 N–H and O–H groups in total. The second-order valence-corrected chi connectivity index (χ2v) is 4.28. The fourth-order valence-electron chi connectivity index (χ4n) is 1.84. The Morgan fingerprint density at radius 1 is 1.56 bits per heavy atom. The molecule has 0 radical (unpaired) electrons. The summed E-state index contributed by atoms with van der Waals surface area (Å²) in [6, 6.07) is 4.91. The van der Waals surface area contributed by atoms with Crippen molar-refractivity contribution in [1.29, 1.82) is 0 Å². The van der Waals surface area contributed by atoms with Gasteiger partial charge in [0.15, 0.2) is 0 Å². The Balaban J connectivity index is 1.95. The molecule has 98 valence electrons. The lowest BCUT2D eigenvalue weighted by molar-refractivity contribution is 0.0429. The molecule has 5 heteroatoms. The number of rotatable bonds is 4. The number of nitrogens with two attached hydrogens (primary N) is 1. The van der Waals surface area contributed by atoms with Crippen molar-refractivity contribution in [1.82, 2.24) is 0 Å². The summed E-state index contributed by atoms with van der Waals surface area (Å²) >= 11 is 0. The molecule has 0 saturated carbocycles. The van der Waals surface area contributed by atoms with Gasteiger partial charge in [-0.2, -0.15) is 0 Å². The van der Waals surface area contributed by atoms with E-state index in [4.69, 9.17) is 19.9 Å². The number of carbonyl (C=O) groups excluding carboxylic acids is 1. The third-order valence-corrected chi connectivity index (χ3v) is 2.95. The lowest BCUT2D eigenvalue weighted by Crippen LogP contribution is -2.15. The van der Waals surface area contributed by atoms with Gasteiger partial charge in [-0.1, -0.05) is 0 Å². The van der Waals surface area contributed by atoms with Crippen molar-refractivity contribution in [3.8, 4) is 5.75 Å². The van der Waals surface area contributed by atoms with Crippen molar-refractivity contribution in [3.05, 3.63) is 23.8 Å². The second-order valence-electron chi connectivity index (χ2n) is 4.28. The zero-order chi connectivity index (χ0) is 13.0. The van der Waals surface area contributed by atoms with Gasteiger partial charge in [0, 0.05) is 24.3 Å². The zero-order valence-electron chi connectivity index (χ0n) is 10.3. The number of esters is 1. The summed E-state index contributed by atoms with van der Waals surface area (Å²) in [7, 11) is 1.55. The van der Waals surface area contributed by atoms with Crippen molar-refractivity contribution in [2.75, 3.05) is 32.7 Å². The molecule has 1 aromatic rings. The Labute approximate surface area is 106 Å². The molecule has 18 heavy (non-hydrogen) atoms. The van der Waals surface area contributed by atoms with Crippen molar-refractivity contribution in [2.24, 2.45) is 5.92 Å². The van der Waals surface area contributed by atoms with Gasteiger partial charge in [-0.3, -0.25) is 0 Å². The van der Waals surface area contributed by atoms with Gasteiger partial charge in [-0.15, -0.1) is 0 Å². The summed E-state index contributed by atoms with van der Waals surface area (Å²) in [4.78, 5) is 11.8. The van der Waals surface area contributed by atoms with Gasteiger partial charge < -0.3 is 19.9 Å². The molecule has 0 bridgehead atoms. The highest BCUT2D eigenvalue weighted by atomic mass is 16.5. The first-order valence-corrected chi connectivity index (χ1v) is 5.89. The van der Waals surface area contributed by atoms with Crippen molar-refractivity contribution < 1.29 is 19.0 Å². The standard InChI is InChI=1S/C13H17NO4/c1-16-10-2-3-11(12(14)6-10)13(15)18-8-9-4-5-17-7-9/h2-3,6,9H,4-5,7-8,14H2,1H3. The Hall–Kier alpha value is -1.75. The minimum Gasteiger partial charge on any atom is -0.497 e. The molecule has 5 nitrogen and oxygen atoms in total. The molecule has 1 heterocycles. The van der Waals surface area contributed by atoms with Gasteiger partial charge in [-0.05, 0) is 18.6 Å². The molecule has 0 aromatic heterocycles. The van der Waals surface area contributed by atoms with Gasteiger partial charge in [0.05, 0.1) is 25.9 Å². The number of benzene rings is 1. The van der Waals surface area contributed by atoms with E-state index in [1.807, 2.05) is 0 Å². The van der Waals surface area contributed by atoms with E-state index in [-0.39, 0.29) is 0 Å². The average Bonchev–Trinajstić information content (AvgIpc) is 2.88. The first-order valence-electron chi connectivity index (χ1n) is 5.89. The first kappa shape index (κ1) is 12.7. The molecule has 0 amide bonds. The van der Waals surface area contributed by atoms with Crippen LogP contribution in [0, 0.1) is 5.92 Å². The van der Waals surface area contributed by atoms with Crippen molar-refractivity contribution in [2.45, 2.75) is 6.42 Å². The third-order valence-electron chi connectivity index (χ3n) is 2.95. The van der Waals surface area contributed by atoms with Crippen LogP contribution in [-0.2, 0) is 9.47 Å². The third kappa shape index (κ3) is 2.92. The number of hydrogen-bond acceptors (Lipinski definition) is 5. The summed E-state index contributed by atoms with van der Waals surface area (Å²) in [5.41, 5.74) is 6.51. The number of hydrogen-bond donors (Lipinski definition) is 1. The predicted octanol–water partition coefficient (Wildman–Crippen LogP) is 1.47. The summed E-state index contributed by atoms with van der Waals surface area (Å²) in [6.07, 6.45) is 0.936. The van der Waals surface area contributed by atoms with E-state index in [1.54, 1.807) is 25.3 Å². The van der Waals surface area contributed by atoms with Crippen LogP contribution in [0.1, 0.15) is 16.8 Å². The molecule has 1 aliphatic rings. The van der Waals surface area contributed by atoms with Crippen LogP contribution in [0.15, 0.2) is 18.2 Å². The van der Waals surface area contributed by atoms with E-state index in [0.29, 0.717) is 36.1 Å². The quantitative estimate of drug-likeness (QED) is 0.648. The molecule has 0 aliphatic carbocycles. The molecular weight excluding hydrogens is 234 g/mol. The van der Waals surface area contributed by atoms with Crippen LogP contribution in [0.2, 0.25) is 0 Å². The number of carbonyl (C=O) groups is 1. The van der Waals surface area contributed by atoms with Gasteiger partial charge in [-0.25, -0.2) is 4.79 Å². The average molecular weight is 251 g/mol.